The maximum atomic E-state index is 10.3. The lowest BCUT2D eigenvalue weighted by molar-refractivity contribution is -0.131. The largest absolute Gasteiger partial charge is 0.477 e. The van der Waals surface area contributed by atoms with Gasteiger partial charge in [0.1, 0.15) is 5.03 Å². The van der Waals surface area contributed by atoms with Gasteiger partial charge in [-0.25, -0.2) is 4.79 Å². The number of halogens is 2. The first-order valence-corrected chi connectivity index (χ1v) is 4.27. The summed E-state index contributed by atoms with van der Waals surface area (Å²) in [7, 11) is 0. The smallest absolute Gasteiger partial charge is 0.348 e. The number of carbonyl (C=O) groups is 1. The third-order valence-electron chi connectivity index (χ3n) is 1.39. The molecule has 0 aliphatic heterocycles. The van der Waals surface area contributed by atoms with Crippen LogP contribution in [0.4, 0.5) is 0 Å². The summed E-state index contributed by atoms with van der Waals surface area (Å²) < 4.78 is 0. The van der Waals surface area contributed by atoms with E-state index in [-0.39, 0.29) is 16.1 Å². The lowest BCUT2D eigenvalue weighted by Gasteiger charge is -2.07. The summed E-state index contributed by atoms with van der Waals surface area (Å²) in [6, 6.07) is -0.134. The van der Waals surface area contributed by atoms with E-state index in [9.17, 15) is 4.79 Å². The molecule has 12 heavy (non-hydrogen) atoms. The number of aliphatic carboxylic acids is 1. The molecule has 0 aromatic carbocycles. The van der Waals surface area contributed by atoms with E-state index < -0.39 is 5.97 Å². The Morgan fingerprint density at radius 2 is 2.08 bits per heavy atom. The monoisotopic (exact) mass is 211 g/mol. The van der Waals surface area contributed by atoms with Gasteiger partial charge in [0.15, 0.2) is 0 Å². The first kappa shape index (κ1) is 11.8. The van der Waals surface area contributed by atoms with Gasteiger partial charge in [-0.05, 0) is 12.8 Å². The lowest BCUT2D eigenvalue weighted by Crippen LogP contribution is -2.18. The molecular weight excluding hydrogens is 201 g/mol. The molecule has 1 unspecified atom stereocenters. The second-order valence-corrected chi connectivity index (χ2v) is 3.23. The third kappa shape index (κ3) is 3.95. The maximum absolute atomic E-state index is 10.3. The van der Waals surface area contributed by atoms with Crippen molar-refractivity contribution in [2.45, 2.75) is 25.8 Å². The molecule has 5 heteroatoms. The van der Waals surface area contributed by atoms with Crippen molar-refractivity contribution in [1.29, 1.82) is 0 Å². The van der Waals surface area contributed by atoms with Crippen LogP contribution in [0.3, 0.4) is 0 Å². The van der Waals surface area contributed by atoms with Crippen LogP contribution in [0.25, 0.3) is 0 Å². The van der Waals surface area contributed by atoms with E-state index in [4.69, 9.17) is 34.0 Å². The number of hydrogen-bond acceptors (Lipinski definition) is 2. The van der Waals surface area contributed by atoms with Crippen molar-refractivity contribution in [1.82, 2.24) is 0 Å². The highest BCUT2D eigenvalue weighted by Crippen LogP contribution is 2.19. The van der Waals surface area contributed by atoms with Crippen LogP contribution < -0.4 is 5.73 Å². The van der Waals surface area contributed by atoms with Crippen LogP contribution in [0.2, 0.25) is 0 Å². The number of nitrogens with two attached hydrogens (primary N) is 1. The van der Waals surface area contributed by atoms with Gasteiger partial charge in [0, 0.05) is 11.1 Å². The Balaban J connectivity index is 4.26. The molecule has 0 heterocycles. The Hall–Kier alpha value is -0.250. The minimum atomic E-state index is -1.22. The van der Waals surface area contributed by atoms with Gasteiger partial charge >= 0.3 is 5.97 Å². The van der Waals surface area contributed by atoms with Crippen molar-refractivity contribution in [2.75, 3.05) is 0 Å². The number of hydrogen-bond donors (Lipinski definition) is 2. The molecule has 0 rings (SSSR count). The molecule has 0 aliphatic carbocycles. The molecule has 0 spiro atoms. The van der Waals surface area contributed by atoms with Gasteiger partial charge in [0.05, 0.1) is 0 Å². The predicted molar refractivity (Wildman–Crippen MR) is 49.3 cm³/mol. The molecule has 0 aliphatic rings. The number of carboxylic acid groups (broad SMARTS) is 1. The number of rotatable bonds is 4. The first-order chi connectivity index (χ1) is 5.49. The molecule has 0 radical (unpaired) electrons. The van der Waals surface area contributed by atoms with E-state index in [1.165, 1.54) is 0 Å². The summed E-state index contributed by atoms with van der Waals surface area (Å²) in [5.41, 5.74) is 5.54. The molecule has 0 saturated heterocycles. The Labute approximate surface area is 81.1 Å². The summed E-state index contributed by atoms with van der Waals surface area (Å²) in [6.45, 7) is 1.89. The Morgan fingerprint density at radius 1 is 1.58 bits per heavy atom. The van der Waals surface area contributed by atoms with Crippen LogP contribution in [0.5, 0.6) is 0 Å². The van der Waals surface area contributed by atoms with Crippen LogP contribution in [0.15, 0.2) is 10.1 Å². The fraction of sp³-hybridized carbons (Fsp3) is 0.571. The van der Waals surface area contributed by atoms with E-state index in [0.717, 1.165) is 6.42 Å². The second-order valence-electron chi connectivity index (χ2n) is 2.40. The van der Waals surface area contributed by atoms with Crippen LogP contribution in [-0.4, -0.2) is 17.1 Å². The van der Waals surface area contributed by atoms with Gasteiger partial charge in [-0.2, -0.15) is 0 Å². The highest BCUT2D eigenvalue weighted by Gasteiger charge is 2.11. The second kappa shape index (κ2) is 5.41. The normalized spacial score (nSPS) is 15.3. The fourth-order valence-corrected chi connectivity index (χ4v) is 0.936. The summed E-state index contributed by atoms with van der Waals surface area (Å²) in [5.74, 6) is -1.22. The highest BCUT2D eigenvalue weighted by atomic mass is 35.5. The zero-order chi connectivity index (χ0) is 9.72. The average molecular weight is 212 g/mol. The van der Waals surface area contributed by atoms with Crippen molar-refractivity contribution in [3.05, 3.63) is 10.1 Å². The van der Waals surface area contributed by atoms with Crippen LogP contribution in [0.1, 0.15) is 19.8 Å². The molecule has 0 amide bonds. The molecular formula is C7H11Cl2NO2. The molecule has 0 saturated carbocycles. The Bertz CT molecular complexity index is 204. The van der Waals surface area contributed by atoms with Crippen LogP contribution in [-0.2, 0) is 4.79 Å². The summed E-state index contributed by atoms with van der Waals surface area (Å²) in [4.78, 5) is 10.3. The van der Waals surface area contributed by atoms with Crippen molar-refractivity contribution < 1.29 is 9.90 Å². The molecule has 0 aromatic rings. The number of carboxylic acids is 1. The third-order valence-corrected chi connectivity index (χ3v) is 2.22. The molecule has 3 N–H and O–H groups in total. The van der Waals surface area contributed by atoms with Crippen LogP contribution in [0, 0.1) is 0 Å². The molecule has 0 aromatic heterocycles. The minimum Gasteiger partial charge on any atom is -0.477 e. The summed E-state index contributed by atoms with van der Waals surface area (Å²) in [6.07, 6.45) is 1.04. The zero-order valence-corrected chi connectivity index (χ0v) is 8.19. The zero-order valence-electron chi connectivity index (χ0n) is 6.68. The van der Waals surface area contributed by atoms with E-state index in [0.29, 0.717) is 6.42 Å². The van der Waals surface area contributed by atoms with E-state index >= 15 is 0 Å². The maximum Gasteiger partial charge on any atom is 0.348 e. The SMILES string of the molecule is CCC(N)C/C(Cl)=C(\Cl)C(=O)O. The summed E-state index contributed by atoms with van der Waals surface area (Å²) in [5, 5.41) is 8.19. The average Bonchev–Trinajstić information content (AvgIpc) is 2.02. The van der Waals surface area contributed by atoms with Crippen molar-refractivity contribution >= 4 is 29.2 Å². The summed E-state index contributed by atoms with van der Waals surface area (Å²) >= 11 is 10.9. The quantitative estimate of drug-likeness (QED) is 0.699. The lowest BCUT2D eigenvalue weighted by atomic mass is 10.1. The van der Waals surface area contributed by atoms with Gasteiger partial charge in [0.25, 0.3) is 0 Å². The van der Waals surface area contributed by atoms with Crippen molar-refractivity contribution in [2.24, 2.45) is 5.73 Å². The van der Waals surface area contributed by atoms with Gasteiger partial charge in [-0.15, -0.1) is 0 Å². The standard InChI is InChI=1S/C7H11Cl2NO2/c1-2-4(10)3-5(8)6(9)7(11)12/h4H,2-3,10H2,1H3,(H,11,12)/b6-5+. The molecule has 3 nitrogen and oxygen atoms in total. The highest BCUT2D eigenvalue weighted by molar-refractivity contribution is 6.47. The van der Waals surface area contributed by atoms with Crippen LogP contribution >= 0.6 is 23.2 Å². The van der Waals surface area contributed by atoms with Crippen molar-refractivity contribution in [3.63, 3.8) is 0 Å². The van der Waals surface area contributed by atoms with Gasteiger partial charge in [0.2, 0.25) is 0 Å². The predicted octanol–water partition coefficient (Wildman–Crippen LogP) is 1.89. The van der Waals surface area contributed by atoms with Crippen molar-refractivity contribution in [3.8, 4) is 0 Å². The first-order valence-electron chi connectivity index (χ1n) is 3.52. The molecule has 70 valence electrons. The van der Waals surface area contributed by atoms with E-state index in [1.54, 1.807) is 0 Å². The van der Waals surface area contributed by atoms with E-state index in [2.05, 4.69) is 0 Å². The molecule has 1 atom stereocenters. The van der Waals surface area contributed by atoms with Gasteiger partial charge in [-0.1, -0.05) is 30.1 Å². The minimum absolute atomic E-state index is 0.110. The molecule has 0 bridgehead atoms. The van der Waals surface area contributed by atoms with Gasteiger partial charge < -0.3 is 10.8 Å². The Morgan fingerprint density at radius 3 is 2.42 bits per heavy atom. The Kier molecular flexibility index (Phi) is 5.29. The van der Waals surface area contributed by atoms with Gasteiger partial charge in [-0.3, -0.25) is 0 Å². The fourth-order valence-electron chi connectivity index (χ4n) is 0.580. The van der Waals surface area contributed by atoms with E-state index in [1.807, 2.05) is 6.92 Å². The topological polar surface area (TPSA) is 63.3 Å². The molecule has 0 fully saturated rings.